The number of aromatic nitrogens is 2. The van der Waals surface area contributed by atoms with Crippen molar-refractivity contribution in [2.45, 2.75) is 26.2 Å². The Morgan fingerprint density at radius 2 is 1.71 bits per heavy atom. The Labute approximate surface area is 123 Å². The Bertz CT molecular complexity index is 701. The van der Waals surface area contributed by atoms with E-state index < -0.39 is 5.41 Å². The lowest BCUT2D eigenvalue weighted by atomic mass is 9.85. The number of nitrogens with two attached hydrogens (primary N) is 2. The number of rotatable bonds is 1. The minimum absolute atomic E-state index is 0.133. The summed E-state index contributed by atoms with van der Waals surface area (Å²) in [6.45, 7) is 5.69. The van der Waals surface area contributed by atoms with Crippen molar-refractivity contribution in [3.05, 3.63) is 46.9 Å². The molecule has 0 aliphatic carbocycles. The summed E-state index contributed by atoms with van der Waals surface area (Å²) >= 11 is 0. The molecule has 0 atom stereocenters. The minimum atomic E-state index is -0.450. The first kappa shape index (κ1) is 14.8. The average molecular weight is 284 g/mol. The summed E-state index contributed by atoms with van der Waals surface area (Å²) in [7, 11) is 0. The number of anilines is 2. The summed E-state index contributed by atoms with van der Waals surface area (Å²) in [6.07, 6.45) is 0. The van der Waals surface area contributed by atoms with Gasteiger partial charge < -0.3 is 11.5 Å². The van der Waals surface area contributed by atoms with E-state index in [1.165, 1.54) is 12.1 Å². The van der Waals surface area contributed by atoms with Crippen molar-refractivity contribution in [2.75, 3.05) is 11.5 Å². The summed E-state index contributed by atoms with van der Waals surface area (Å²) in [4.78, 5) is 7.97. The molecule has 0 radical (unpaired) electrons. The van der Waals surface area contributed by atoms with Crippen LogP contribution in [0.5, 0.6) is 0 Å². The van der Waals surface area contributed by atoms with Gasteiger partial charge in [-0.2, -0.15) is 4.98 Å². The van der Waals surface area contributed by atoms with E-state index in [0.29, 0.717) is 11.3 Å². The van der Waals surface area contributed by atoms with Gasteiger partial charge in [0, 0.05) is 0 Å². The van der Waals surface area contributed by atoms with E-state index in [1.54, 1.807) is 19.1 Å². The van der Waals surface area contributed by atoms with Crippen LogP contribution in [-0.2, 0) is 5.41 Å². The molecule has 0 saturated carbocycles. The van der Waals surface area contributed by atoms with Crippen molar-refractivity contribution < 1.29 is 4.39 Å². The van der Waals surface area contributed by atoms with Gasteiger partial charge in [-0.15, -0.1) is 0 Å². The Morgan fingerprint density at radius 1 is 1.10 bits per heavy atom. The first-order chi connectivity index (χ1) is 9.79. The predicted molar refractivity (Wildman–Crippen MR) is 81.9 cm³/mol. The summed E-state index contributed by atoms with van der Waals surface area (Å²) in [5.41, 5.74) is 13.0. The fraction of sp³-hybridized carbons (Fsp3) is 0.250. The van der Waals surface area contributed by atoms with Crippen LogP contribution in [0, 0.1) is 24.6 Å². The molecule has 2 rings (SSSR count). The Kier molecular flexibility index (Phi) is 3.81. The molecule has 0 fully saturated rings. The van der Waals surface area contributed by atoms with Crippen LogP contribution in [0.1, 0.15) is 30.7 Å². The molecule has 0 spiro atoms. The van der Waals surface area contributed by atoms with Crippen molar-refractivity contribution >= 4 is 11.8 Å². The van der Waals surface area contributed by atoms with Crippen molar-refractivity contribution in [1.29, 1.82) is 0 Å². The smallest absolute Gasteiger partial charge is 0.222 e. The van der Waals surface area contributed by atoms with Gasteiger partial charge in [0.2, 0.25) is 5.95 Å². The van der Waals surface area contributed by atoms with E-state index in [-0.39, 0.29) is 17.6 Å². The second-order valence-corrected chi connectivity index (χ2v) is 5.31. The van der Waals surface area contributed by atoms with Gasteiger partial charge in [-0.05, 0) is 38.5 Å². The summed E-state index contributed by atoms with van der Waals surface area (Å²) in [5.74, 6) is 6.28. The van der Waals surface area contributed by atoms with Crippen LogP contribution in [0.3, 0.4) is 0 Å². The lowest BCUT2D eigenvalue weighted by molar-refractivity contribution is 0.622. The third-order valence-corrected chi connectivity index (χ3v) is 3.20. The minimum Gasteiger partial charge on any atom is -0.382 e. The number of benzene rings is 1. The maximum atomic E-state index is 13.0. The zero-order chi connectivity index (χ0) is 15.6. The van der Waals surface area contributed by atoms with E-state index in [2.05, 4.69) is 21.8 Å². The molecule has 4 N–H and O–H groups in total. The molecule has 5 heteroatoms. The molecule has 1 aromatic carbocycles. The molecule has 0 aliphatic heterocycles. The maximum absolute atomic E-state index is 13.0. The van der Waals surface area contributed by atoms with Gasteiger partial charge in [-0.25, -0.2) is 9.37 Å². The van der Waals surface area contributed by atoms with Crippen molar-refractivity contribution in [1.82, 2.24) is 9.97 Å². The summed E-state index contributed by atoms with van der Waals surface area (Å²) < 4.78 is 13.0. The highest BCUT2D eigenvalue weighted by Gasteiger charge is 2.17. The normalized spacial score (nSPS) is 10.9. The summed E-state index contributed by atoms with van der Waals surface area (Å²) in [6, 6.07) is 6.29. The van der Waals surface area contributed by atoms with Gasteiger partial charge in [-0.3, -0.25) is 0 Å². The number of halogens is 1. The van der Waals surface area contributed by atoms with Crippen molar-refractivity contribution in [3.8, 4) is 11.8 Å². The molecule has 21 heavy (non-hydrogen) atoms. The molecule has 1 aromatic heterocycles. The van der Waals surface area contributed by atoms with Crippen LogP contribution in [0.25, 0.3) is 0 Å². The summed E-state index contributed by atoms with van der Waals surface area (Å²) in [5, 5.41) is 0. The third-order valence-electron chi connectivity index (χ3n) is 3.20. The molecular weight excluding hydrogens is 267 g/mol. The van der Waals surface area contributed by atoms with Gasteiger partial charge in [-0.1, -0.05) is 24.0 Å². The quantitative estimate of drug-likeness (QED) is 0.788. The molecule has 0 unspecified atom stereocenters. The van der Waals surface area contributed by atoms with Gasteiger partial charge in [0.1, 0.15) is 11.6 Å². The van der Waals surface area contributed by atoms with Crippen molar-refractivity contribution in [2.24, 2.45) is 0 Å². The zero-order valence-corrected chi connectivity index (χ0v) is 12.2. The average Bonchev–Trinajstić information content (AvgIpc) is 2.37. The standard InChI is InChI=1S/C16H17FN4/c1-10-13(14(18)21-15(19)20-10)8-9-16(2,3)11-4-6-12(17)7-5-11/h4-7H,1-3H3,(H4,18,19,20,21). The molecule has 108 valence electrons. The highest BCUT2D eigenvalue weighted by atomic mass is 19.1. The lowest BCUT2D eigenvalue weighted by Gasteiger charge is -2.18. The Hall–Kier alpha value is -2.61. The fourth-order valence-electron chi connectivity index (χ4n) is 1.93. The number of hydrogen-bond acceptors (Lipinski definition) is 4. The van der Waals surface area contributed by atoms with Crippen molar-refractivity contribution in [3.63, 3.8) is 0 Å². The Morgan fingerprint density at radius 3 is 2.29 bits per heavy atom. The number of hydrogen-bond donors (Lipinski definition) is 2. The number of nitrogen functional groups attached to an aromatic ring is 2. The second kappa shape index (κ2) is 5.41. The van der Waals surface area contributed by atoms with Gasteiger partial charge in [0.05, 0.1) is 16.7 Å². The van der Waals surface area contributed by atoms with Crippen LogP contribution in [0.15, 0.2) is 24.3 Å². The molecule has 1 heterocycles. The van der Waals surface area contributed by atoms with E-state index in [1.807, 2.05) is 13.8 Å². The third kappa shape index (κ3) is 3.29. The topological polar surface area (TPSA) is 77.8 Å². The van der Waals surface area contributed by atoms with Gasteiger partial charge in [0.15, 0.2) is 0 Å². The second-order valence-electron chi connectivity index (χ2n) is 5.31. The monoisotopic (exact) mass is 284 g/mol. The molecule has 2 aromatic rings. The fourth-order valence-corrected chi connectivity index (χ4v) is 1.93. The van der Waals surface area contributed by atoms with Crippen LogP contribution >= 0.6 is 0 Å². The lowest BCUT2D eigenvalue weighted by Crippen LogP contribution is -2.14. The molecule has 0 aliphatic rings. The number of nitrogens with zero attached hydrogens (tertiary/aromatic N) is 2. The SMILES string of the molecule is Cc1nc(N)nc(N)c1C#CC(C)(C)c1ccc(F)cc1. The Balaban J connectivity index is 2.40. The van der Waals surface area contributed by atoms with Gasteiger partial charge >= 0.3 is 0 Å². The van der Waals surface area contributed by atoms with E-state index in [0.717, 1.165) is 5.56 Å². The molecule has 0 amide bonds. The van der Waals surface area contributed by atoms with Crippen LogP contribution in [0.4, 0.5) is 16.2 Å². The molecule has 4 nitrogen and oxygen atoms in total. The van der Waals surface area contributed by atoms with Crippen LogP contribution in [0.2, 0.25) is 0 Å². The first-order valence-corrected chi connectivity index (χ1v) is 6.48. The molecule has 0 saturated heterocycles. The van der Waals surface area contributed by atoms with Gasteiger partial charge in [0.25, 0.3) is 0 Å². The predicted octanol–water partition coefficient (Wildman–Crippen LogP) is 2.42. The molecular formula is C16H17FN4. The zero-order valence-electron chi connectivity index (χ0n) is 12.2. The number of aryl methyl sites for hydroxylation is 1. The van der Waals surface area contributed by atoms with Crippen LogP contribution in [-0.4, -0.2) is 9.97 Å². The first-order valence-electron chi connectivity index (χ1n) is 6.48. The highest BCUT2D eigenvalue weighted by molar-refractivity contribution is 5.56. The van der Waals surface area contributed by atoms with Crippen LogP contribution < -0.4 is 11.5 Å². The van der Waals surface area contributed by atoms with E-state index in [4.69, 9.17) is 11.5 Å². The highest BCUT2D eigenvalue weighted by Crippen LogP contribution is 2.23. The largest absolute Gasteiger partial charge is 0.382 e. The van der Waals surface area contributed by atoms with E-state index in [9.17, 15) is 4.39 Å². The molecule has 0 bridgehead atoms. The van der Waals surface area contributed by atoms with E-state index >= 15 is 0 Å². The maximum Gasteiger partial charge on any atom is 0.222 e.